The first-order chi connectivity index (χ1) is 6.54. The van der Waals surface area contributed by atoms with Crippen molar-refractivity contribution >= 4 is 23.2 Å². The molecule has 0 spiro atoms. The second-order valence-electron chi connectivity index (χ2n) is 3.00. The number of carbonyl (C=O) groups excluding carboxylic acids is 1. The zero-order chi connectivity index (χ0) is 10.7. The molecule has 4 heteroatoms. The number of anilines is 1. The summed E-state index contributed by atoms with van der Waals surface area (Å²) in [6, 6.07) is 3.21. The SMILES string of the molecule is CCc1cc(Cl)cc(NC(C)=O)c1O. The molecule has 1 aromatic rings. The highest BCUT2D eigenvalue weighted by molar-refractivity contribution is 6.31. The van der Waals surface area contributed by atoms with Crippen LogP contribution >= 0.6 is 11.6 Å². The fraction of sp³-hybridized carbons (Fsp3) is 0.300. The molecule has 0 fully saturated rings. The Labute approximate surface area is 87.7 Å². The fourth-order valence-corrected chi connectivity index (χ4v) is 1.45. The smallest absolute Gasteiger partial charge is 0.221 e. The second kappa shape index (κ2) is 4.33. The molecule has 0 aromatic heterocycles. The maximum Gasteiger partial charge on any atom is 0.221 e. The van der Waals surface area contributed by atoms with Crippen molar-refractivity contribution in [2.75, 3.05) is 5.32 Å². The molecule has 0 unspecified atom stereocenters. The van der Waals surface area contributed by atoms with Gasteiger partial charge in [-0.15, -0.1) is 0 Å². The molecular weight excluding hydrogens is 202 g/mol. The highest BCUT2D eigenvalue weighted by atomic mass is 35.5. The van der Waals surface area contributed by atoms with Gasteiger partial charge in [-0.2, -0.15) is 0 Å². The Balaban J connectivity index is 3.15. The van der Waals surface area contributed by atoms with Crippen molar-refractivity contribution in [3.8, 4) is 5.75 Å². The van der Waals surface area contributed by atoms with Crippen LogP contribution in [0.4, 0.5) is 5.69 Å². The van der Waals surface area contributed by atoms with Crippen molar-refractivity contribution in [3.63, 3.8) is 0 Å². The number of hydrogen-bond acceptors (Lipinski definition) is 2. The van der Waals surface area contributed by atoms with E-state index in [-0.39, 0.29) is 11.7 Å². The quantitative estimate of drug-likeness (QED) is 0.742. The summed E-state index contributed by atoms with van der Waals surface area (Å²) < 4.78 is 0. The van der Waals surface area contributed by atoms with E-state index in [4.69, 9.17) is 11.6 Å². The van der Waals surface area contributed by atoms with Gasteiger partial charge in [-0.3, -0.25) is 4.79 Å². The molecule has 1 rings (SSSR count). The Kier molecular flexibility index (Phi) is 3.36. The number of phenolic OH excluding ortho intramolecular Hbond substituents is 1. The molecule has 0 saturated carbocycles. The van der Waals surface area contributed by atoms with E-state index in [1.54, 1.807) is 6.07 Å². The van der Waals surface area contributed by atoms with E-state index in [1.807, 2.05) is 6.92 Å². The third-order valence-corrected chi connectivity index (χ3v) is 2.06. The number of rotatable bonds is 2. The minimum absolute atomic E-state index is 0.0899. The Hall–Kier alpha value is -1.22. The normalized spacial score (nSPS) is 9.93. The van der Waals surface area contributed by atoms with Crippen LogP contribution in [0, 0.1) is 0 Å². The Morgan fingerprint density at radius 1 is 1.57 bits per heavy atom. The summed E-state index contributed by atoms with van der Waals surface area (Å²) in [5.41, 5.74) is 1.09. The van der Waals surface area contributed by atoms with Gasteiger partial charge < -0.3 is 10.4 Å². The molecular formula is C10H12ClNO2. The second-order valence-corrected chi connectivity index (χ2v) is 3.43. The van der Waals surface area contributed by atoms with Gasteiger partial charge in [-0.05, 0) is 24.1 Å². The fourth-order valence-electron chi connectivity index (χ4n) is 1.21. The third-order valence-electron chi connectivity index (χ3n) is 1.85. The molecule has 76 valence electrons. The first-order valence-electron chi connectivity index (χ1n) is 4.33. The van der Waals surface area contributed by atoms with Crippen LogP contribution in [0.15, 0.2) is 12.1 Å². The molecule has 2 N–H and O–H groups in total. The van der Waals surface area contributed by atoms with Gasteiger partial charge in [0.1, 0.15) is 5.75 Å². The minimum Gasteiger partial charge on any atom is -0.505 e. The van der Waals surface area contributed by atoms with Crippen LogP contribution in [0.1, 0.15) is 19.4 Å². The number of carbonyl (C=O) groups is 1. The standard InChI is InChI=1S/C10H12ClNO2/c1-3-7-4-8(11)5-9(10(7)14)12-6(2)13/h4-5,14H,3H2,1-2H3,(H,12,13). The number of aryl methyl sites for hydroxylation is 1. The number of nitrogens with one attached hydrogen (secondary N) is 1. The topological polar surface area (TPSA) is 49.3 Å². The van der Waals surface area contributed by atoms with Gasteiger partial charge in [0.15, 0.2) is 0 Å². The van der Waals surface area contributed by atoms with E-state index in [1.165, 1.54) is 13.0 Å². The first kappa shape index (κ1) is 10.9. The molecule has 0 saturated heterocycles. The highest BCUT2D eigenvalue weighted by Gasteiger charge is 2.08. The van der Waals surface area contributed by atoms with Crippen LogP contribution in [-0.4, -0.2) is 11.0 Å². The maximum absolute atomic E-state index is 10.8. The van der Waals surface area contributed by atoms with E-state index < -0.39 is 0 Å². The van der Waals surface area contributed by atoms with Gasteiger partial charge in [0.05, 0.1) is 5.69 Å². The lowest BCUT2D eigenvalue weighted by atomic mass is 10.1. The first-order valence-corrected chi connectivity index (χ1v) is 4.71. The van der Waals surface area contributed by atoms with Crippen LogP contribution in [0.25, 0.3) is 0 Å². The van der Waals surface area contributed by atoms with Crippen LogP contribution in [0.3, 0.4) is 0 Å². The lowest BCUT2D eigenvalue weighted by molar-refractivity contribution is -0.114. The minimum atomic E-state index is -0.232. The predicted molar refractivity (Wildman–Crippen MR) is 56.8 cm³/mol. The molecule has 0 atom stereocenters. The van der Waals surface area contributed by atoms with E-state index in [9.17, 15) is 9.90 Å². The number of halogens is 1. The van der Waals surface area contributed by atoms with E-state index in [0.717, 1.165) is 5.56 Å². The van der Waals surface area contributed by atoms with Gasteiger partial charge >= 0.3 is 0 Å². The number of amides is 1. The van der Waals surface area contributed by atoms with Gasteiger partial charge in [-0.25, -0.2) is 0 Å². The van der Waals surface area contributed by atoms with Crippen molar-refractivity contribution in [2.24, 2.45) is 0 Å². The summed E-state index contributed by atoms with van der Waals surface area (Å²) in [5.74, 6) is -0.142. The lowest BCUT2D eigenvalue weighted by Crippen LogP contribution is -2.06. The van der Waals surface area contributed by atoms with E-state index >= 15 is 0 Å². The van der Waals surface area contributed by atoms with Gasteiger partial charge in [0.25, 0.3) is 0 Å². The number of hydrogen-bond donors (Lipinski definition) is 2. The molecule has 14 heavy (non-hydrogen) atoms. The Bertz CT molecular complexity index is 363. The zero-order valence-electron chi connectivity index (χ0n) is 8.10. The lowest BCUT2D eigenvalue weighted by Gasteiger charge is -2.09. The van der Waals surface area contributed by atoms with E-state index in [0.29, 0.717) is 17.1 Å². The Morgan fingerprint density at radius 2 is 2.21 bits per heavy atom. The summed E-state index contributed by atoms with van der Waals surface area (Å²) in [6.07, 6.45) is 0.666. The van der Waals surface area contributed by atoms with Crippen LogP contribution in [0.2, 0.25) is 5.02 Å². The summed E-state index contributed by atoms with van der Waals surface area (Å²) in [4.78, 5) is 10.8. The van der Waals surface area contributed by atoms with Crippen LogP contribution in [-0.2, 0) is 11.2 Å². The molecule has 0 aliphatic rings. The maximum atomic E-state index is 10.8. The van der Waals surface area contributed by atoms with Crippen molar-refractivity contribution < 1.29 is 9.90 Å². The van der Waals surface area contributed by atoms with Gasteiger partial charge in [-0.1, -0.05) is 18.5 Å². The Morgan fingerprint density at radius 3 is 2.71 bits per heavy atom. The highest BCUT2D eigenvalue weighted by Crippen LogP contribution is 2.31. The van der Waals surface area contributed by atoms with Gasteiger partial charge in [0, 0.05) is 11.9 Å². The predicted octanol–water partition coefficient (Wildman–Crippen LogP) is 2.57. The molecule has 0 aliphatic carbocycles. The summed E-state index contributed by atoms with van der Waals surface area (Å²) in [6.45, 7) is 3.29. The van der Waals surface area contributed by atoms with Crippen molar-refractivity contribution in [2.45, 2.75) is 20.3 Å². The van der Waals surface area contributed by atoms with Crippen LogP contribution < -0.4 is 5.32 Å². The number of aromatic hydroxyl groups is 1. The van der Waals surface area contributed by atoms with Crippen molar-refractivity contribution in [3.05, 3.63) is 22.7 Å². The summed E-state index contributed by atoms with van der Waals surface area (Å²) in [7, 11) is 0. The third kappa shape index (κ3) is 2.39. The molecule has 0 heterocycles. The monoisotopic (exact) mass is 213 g/mol. The summed E-state index contributed by atoms with van der Waals surface area (Å²) in [5, 5.41) is 12.7. The summed E-state index contributed by atoms with van der Waals surface area (Å²) >= 11 is 5.82. The average Bonchev–Trinajstić information content (AvgIpc) is 2.09. The molecule has 0 aliphatic heterocycles. The largest absolute Gasteiger partial charge is 0.505 e. The van der Waals surface area contributed by atoms with Crippen molar-refractivity contribution in [1.82, 2.24) is 0 Å². The molecule has 0 bridgehead atoms. The average molecular weight is 214 g/mol. The molecule has 1 aromatic carbocycles. The van der Waals surface area contributed by atoms with Crippen LogP contribution in [0.5, 0.6) is 5.75 Å². The molecule has 1 amide bonds. The van der Waals surface area contributed by atoms with E-state index in [2.05, 4.69) is 5.32 Å². The number of benzene rings is 1. The molecule has 0 radical (unpaired) electrons. The van der Waals surface area contributed by atoms with Gasteiger partial charge in [0.2, 0.25) is 5.91 Å². The number of phenols is 1. The molecule has 3 nitrogen and oxygen atoms in total. The zero-order valence-corrected chi connectivity index (χ0v) is 8.85. The van der Waals surface area contributed by atoms with Crippen molar-refractivity contribution in [1.29, 1.82) is 0 Å².